The van der Waals surface area contributed by atoms with Crippen LogP contribution in [0.3, 0.4) is 0 Å². The van der Waals surface area contributed by atoms with E-state index in [1.807, 2.05) is 0 Å². The summed E-state index contributed by atoms with van der Waals surface area (Å²) in [4.78, 5) is 14.8. The molecule has 0 amide bonds. The quantitative estimate of drug-likeness (QED) is 0.787. The third-order valence-electron chi connectivity index (χ3n) is 3.03. The molecule has 6 nitrogen and oxygen atoms in total. The Balaban J connectivity index is 2.35. The molecule has 9 heteroatoms. The Morgan fingerprint density at radius 3 is 2.68 bits per heavy atom. The van der Waals surface area contributed by atoms with Crippen LogP contribution in [-0.2, 0) is 6.18 Å². The zero-order chi connectivity index (χ0) is 15.9. The first-order valence-corrected chi connectivity index (χ1v) is 5.99. The molecular formula is C13H7F3N4O2. The van der Waals surface area contributed by atoms with E-state index in [1.165, 1.54) is 30.6 Å². The third-order valence-corrected chi connectivity index (χ3v) is 3.03. The van der Waals surface area contributed by atoms with Crippen molar-refractivity contribution >= 4 is 16.7 Å². The molecule has 22 heavy (non-hydrogen) atoms. The van der Waals surface area contributed by atoms with Crippen molar-refractivity contribution in [1.82, 2.24) is 20.0 Å². The lowest BCUT2D eigenvalue weighted by atomic mass is 10.1. The molecule has 0 radical (unpaired) electrons. The number of rotatable bonds is 2. The number of carbonyl (C=O) groups is 1. The van der Waals surface area contributed by atoms with Crippen molar-refractivity contribution in [2.45, 2.75) is 6.18 Å². The highest BCUT2D eigenvalue weighted by Gasteiger charge is 2.42. The second kappa shape index (κ2) is 4.79. The highest BCUT2D eigenvalue weighted by atomic mass is 19.4. The smallest absolute Gasteiger partial charge is 0.436 e. The van der Waals surface area contributed by atoms with Crippen LogP contribution in [-0.4, -0.2) is 31.1 Å². The van der Waals surface area contributed by atoms with E-state index in [4.69, 9.17) is 5.11 Å². The van der Waals surface area contributed by atoms with Gasteiger partial charge in [-0.25, -0.2) is 9.48 Å². The number of hydrogen-bond acceptors (Lipinski definition) is 4. The molecule has 112 valence electrons. The van der Waals surface area contributed by atoms with E-state index in [0.29, 0.717) is 15.5 Å². The molecule has 0 bridgehead atoms. The molecule has 0 aliphatic rings. The first-order chi connectivity index (χ1) is 10.4. The minimum Gasteiger partial charge on any atom is -0.476 e. The number of carboxylic acid groups (broad SMARTS) is 1. The van der Waals surface area contributed by atoms with Crippen LogP contribution in [0, 0.1) is 0 Å². The number of aromatic carboxylic acids is 1. The minimum absolute atomic E-state index is 0.0761. The number of alkyl halides is 3. The van der Waals surface area contributed by atoms with Crippen molar-refractivity contribution in [3.05, 3.63) is 48.0 Å². The normalized spacial score (nSPS) is 11.8. The van der Waals surface area contributed by atoms with Gasteiger partial charge < -0.3 is 5.11 Å². The molecule has 0 atom stereocenters. The fraction of sp³-hybridized carbons (Fsp3) is 0.0769. The third kappa shape index (κ3) is 2.16. The molecule has 0 aliphatic carbocycles. The van der Waals surface area contributed by atoms with Gasteiger partial charge in [0, 0.05) is 23.2 Å². The molecule has 0 unspecified atom stereocenters. The second-order valence-electron chi connectivity index (χ2n) is 4.38. The number of nitrogens with zero attached hydrogens (tertiary/aromatic N) is 4. The predicted molar refractivity (Wildman–Crippen MR) is 68.6 cm³/mol. The molecule has 0 aliphatic heterocycles. The van der Waals surface area contributed by atoms with E-state index in [1.54, 1.807) is 6.07 Å². The lowest BCUT2D eigenvalue weighted by Gasteiger charge is -2.11. The van der Waals surface area contributed by atoms with Crippen LogP contribution in [0.2, 0.25) is 0 Å². The molecular weight excluding hydrogens is 301 g/mol. The van der Waals surface area contributed by atoms with Crippen molar-refractivity contribution in [2.24, 2.45) is 0 Å². The van der Waals surface area contributed by atoms with E-state index in [-0.39, 0.29) is 5.69 Å². The largest absolute Gasteiger partial charge is 0.476 e. The number of carboxylic acids is 1. The first-order valence-electron chi connectivity index (χ1n) is 5.99. The summed E-state index contributed by atoms with van der Waals surface area (Å²) in [6.07, 6.45) is -2.00. The van der Waals surface area contributed by atoms with Gasteiger partial charge in [-0.2, -0.15) is 13.2 Å². The van der Waals surface area contributed by atoms with Crippen molar-refractivity contribution in [1.29, 1.82) is 0 Å². The minimum atomic E-state index is -4.91. The molecule has 1 N–H and O–H groups in total. The summed E-state index contributed by atoms with van der Waals surface area (Å²) in [7, 11) is 0. The average Bonchev–Trinajstić information content (AvgIpc) is 2.91. The summed E-state index contributed by atoms with van der Waals surface area (Å²) in [6.45, 7) is 0. The Labute approximate surface area is 120 Å². The van der Waals surface area contributed by atoms with Crippen LogP contribution in [0.5, 0.6) is 0 Å². The molecule has 3 rings (SSSR count). The predicted octanol–water partition coefficient (Wildman–Crippen LogP) is 2.53. The highest BCUT2D eigenvalue weighted by Crippen LogP contribution is 2.34. The Hall–Kier alpha value is -2.97. The molecule has 0 spiro atoms. The van der Waals surface area contributed by atoms with Crippen LogP contribution in [0.1, 0.15) is 16.2 Å². The van der Waals surface area contributed by atoms with Gasteiger partial charge in [0.05, 0.1) is 5.69 Å². The maximum Gasteiger partial charge on any atom is 0.436 e. The maximum atomic E-state index is 13.2. The van der Waals surface area contributed by atoms with Crippen molar-refractivity contribution in [3.8, 4) is 5.69 Å². The Bertz CT molecular complexity index is 868. The SMILES string of the molecule is O=C(O)c1nnn(-c2cccc3cnccc23)c1C(F)(F)F. The summed E-state index contributed by atoms with van der Waals surface area (Å²) < 4.78 is 40.1. The first kappa shape index (κ1) is 14.0. The maximum absolute atomic E-state index is 13.2. The summed E-state index contributed by atoms with van der Waals surface area (Å²) >= 11 is 0. The molecule has 2 aromatic heterocycles. The number of benzene rings is 1. The van der Waals surface area contributed by atoms with Gasteiger partial charge in [0.1, 0.15) is 0 Å². The van der Waals surface area contributed by atoms with Crippen molar-refractivity contribution in [2.75, 3.05) is 0 Å². The van der Waals surface area contributed by atoms with E-state index in [2.05, 4.69) is 15.3 Å². The van der Waals surface area contributed by atoms with E-state index < -0.39 is 23.5 Å². The average molecular weight is 308 g/mol. The molecule has 0 fully saturated rings. The monoisotopic (exact) mass is 308 g/mol. The van der Waals surface area contributed by atoms with Gasteiger partial charge in [-0.05, 0) is 12.1 Å². The lowest BCUT2D eigenvalue weighted by molar-refractivity contribution is -0.143. The topological polar surface area (TPSA) is 80.9 Å². The van der Waals surface area contributed by atoms with E-state index in [9.17, 15) is 18.0 Å². The summed E-state index contributed by atoms with van der Waals surface area (Å²) in [5, 5.41) is 16.4. The van der Waals surface area contributed by atoms with Gasteiger partial charge in [0.15, 0.2) is 5.69 Å². The zero-order valence-corrected chi connectivity index (χ0v) is 10.7. The number of fused-ring (bicyclic) bond motifs is 1. The van der Waals surface area contributed by atoms with Gasteiger partial charge in [0.25, 0.3) is 0 Å². The Morgan fingerprint density at radius 2 is 2.00 bits per heavy atom. The van der Waals surface area contributed by atoms with Gasteiger partial charge in [0.2, 0.25) is 5.69 Å². The van der Waals surface area contributed by atoms with Gasteiger partial charge in [-0.3, -0.25) is 4.98 Å². The van der Waals surface area contributed by atoms with Gasteiger partial charge in [-0.15, -0.1) is 5.10 Å². The van der Waals surface area contributed by atoms with Crippen LogP contribution in [0.25, 0.3) is 16.5 Å². The Kier molecular flexibility index (Phi) is 3.05. The van der Waals surface area contributed by atoms with E-state index in [0.717, 1.165) is 0 Å². The lowest BCUT2D eigenvalue weighted by Crippen LogP contribution is -2.17. The highest BCUT2D eigenvalue weighted by molar-refractivity contribution is 5.90. The molecule has 1 aromatic carbocycles. The Morgan fingerprint density at radius 1 is 1.23 bits per heavy atom. The fourth-order valence-electron chi connectivity index (χ4n) is 2.14. The van der Waals surface area contributed by atoms with Gasteiger partial charge in [-0.1, -0.05) is 17.3 Å². The van der Waals surface area contributed by atoms with Crippen LogP contribution < -0.4 is 0 Å². The molecule has 2 heterocycles. The van der Waals surface area contributed by atoms with E-state index >= 15 is 0 Å². The summed E-state index contributed by atoms with van der Waals surface area (Å²) in [6, 6.07) is 6.13. The van der Waals surface area contributed by atoms with Gasteiger partial charge >= 0.3 is 12.1 Å². The van der Waals surface area contributed by atoms with Crippen LogP contribution in [0.4, 0.5) is 13.2 Å². The van der Waals surface area contributed by atoms with Crippen LogP contribution in [0.15, 0.2) is 36.7 Å². The summed E-state index contributed by atoms with van der Waals surface area (Å²) in [5.74, 6) is -1.79. The second-order valence-corrected chi connectivity index (χ2v) is 4.38. The number of hydrogen-bond donors (Lipinski definition) is 1. The fourth-order valence-corrected chi connectivity index (χ4v) is 2.14. The van der Waals surface area contributed by atoms with Crippen LogP contribution >= 0.6 is 0 Å². The zero-order valence-electron chi connectivity index (χ0n) is 10.7. The number of halogens is 3. The number of pyridine rings is 1. The standard InChI is InChI=1S/C13H7F3N4O2/c14-13(15,16)11-10(12(21)22)18-19-20(11)9-3-1-2-7-6-17-5-4-8(7)9/h1-6H,(H,21,22). The summed E-state index contributed by atoms with van der Waals surface area (Å²) in [5.41, 5.74) is -2.49. The van der Waals surface area contributed by atoms with Crippen molar-refractivity contribution in [3.63, 3.8) is 0 Å². The molecule has 0 saturated heterocycles. The molecule has 0 saturated carbocycles. The van der Waals surface area contributed by atoms with Crippen molar-refractivity contribution < 1.29 is 23.1 Å². The molecule has 3 aromatic rings. The number of aromatic nitrogens is 4.